The standard InChI is InChI=1S/C23H23N3O5S.C15H17N3O3S/c1-14-9-10-24-17-11-19(32-20(14)17)21(27)25-12-18(22(28)31-16-7-8-16)26-23(29)30-13-15-5-3-2-4-6-15;1-8-4-5-17-11-6-12(22-13(8)11)14(19)18-7-10(16)15(20)21-9-2-3-9/h2-6,9-11,16,18H,7-8,12-13H2,1H3,(H,25,27)(H,26,29);4-6,9-10H,2-3,7,16H2,1H3,(H,18,19)/t18-;10-/m11/s1. The predicted molar refractivity (Wildman–Crippen MR) is 203 cm³/mol. The molecule has 5 N–H and O–H groups in total. The highest BCUT2D eigenvalue weighted by molar-refractivity contribution is 7.21. The molecule has 5 aromatic rings. The Morgan fingerprint density at radius 1 is 0.759 bits per heavy atom. The van der Waals surface area contributed by atoms with Crippen molar-refractivity contribution in [1.29, 1.82) is 0 Å². The summed E-state index contributed by atoms with van der Waals surface area (Å²) >= 11 is 2.71. The molecule has 0 saturated heterocycles. The number of carbonyl (C=O) groups is 5. The first kappa shape index (κ1) is 38.3. The Balaban J connectivity index is 0.000000197. The summed E-state index contributed by atoms with van der Waals surface area (Å²) in [5, 5.41) is 7.88. The Hall–Kier alpha value is -5.45. The number of hydrogen-bond donors (Lipinski definition) is 4. The normalized spacial score (nSPS) is 14.6. The molecule has 16 heteroatoms. The lowest BCUT2D eigenvalue weighted by Gasteiger charge is -2.18. The maximum absolute atomic E-state index is 12.7. The first-order valence-electron chi connectivity index (χ1n) is 17.4. The quantitative estimate of drug-likeness (QED) is 0.0955. The number of pyridine rings is 2. The molecular weight excluding hydrogens is 733 g/mol. The zero-order valence-electron chi connectivity index (χ0n) is 29.7. The van der Waals surface area contributed by atoms with Gasteiger partial charge in [0.15, 0.2) is 0 Å². The number of thiophene rings is 2. The molecule has 282 valence electrons. The van der Waals surface area contributed by atoms with Gasteiger partial charge in [0.2, 0.25) is 0 Å². The van der Waals surface area contributed by atoms with Crippen molar-refractivity contribution in [3.63, 3.8) is 0 Å². The van der Waals surface area contributed by atoms with Crippen LogP contribution in [0.15, 0.2) is 67.0 Å². The second-order valence-electron chi connectivity index (χ2n) is 13.0. The maximum Gasteiger partial charge on any atom is 0.408 e. The van der Waals surface area contributed by atoms with Crippen LogP contribution in [0.2, 0.25) is 0 Å². The smallest absolute Gasteiger partial charge is 0.408 e. The fourth-order valence-corrected chi connectivity index (χ4v) is 6.98. The monoisotopic (exact) mass is 772 g/mol. The first-order chi connectivity index (χ1) is 26.0. The fourth-order valence-electron chi connectivity index (χ4n) is 4.98. The summed E-state index contributed by atoms with van der Waals surface area (Å²) in [5.74, 6) is -1.66. The number of rotatable bonds is 13. The van der Waals surface area contributed by atoms with E-state index in [1.165, 1.54) is 22.7 Å². The van der Waals surface area contributed by atoms with Gasteiger partial charge in [-0.25, -0.2) is 9.59 Å². The molecule has 0 radical (unpaired) electrons. The van der Waals surface area contributed by atoms with E-state index in [0.717, 1.165) is 62.8 Å². The van der Waals surface area contributed by atoms with E-state index in [1.54, 1.807) is 24.5 Å². The Labute approximate surface area is 318 Å². The van der Waals surface area contributed by atoms with Gasteiger partial charge in [-0.05, 0) is 80.5 Å². The number of benzene rings is 1. The van der Waals surface area contributed by atoms with Crippen molar-refractivity contribution < 1.29 is 38.2 Å². The number of amides is 3. The Bertz CT molecular complexity index is 2150. The van der Waals surface area contributed by atoms with Gasteiger partial charge in [-0.2, -0.15) is 0 Å². The van der Waals surface area contributed by atoms with E-state index >= 15 is 0 Å². The van der Waals surface area contributed by atoms with Crippen LogP contribution in [-0.4, -0.2) is 77.2 Å². The fraction of sp³-hybridized carbons (Fsp3) is 0.342. The Kier molecular flexibility index (Phi) is 12.5. The topological polar surface area (TPSA) is 201 Å². The van der Waals surface area contributed by atoms with Gasteiger partial charge in [-0.15, -0.1) is 22.7 Å². The molecular formula is C38H40N6O8S2. The molecule has 4 aromatic heterocycles. The zero-order chi connectivity index (χ0) is 38.2. The lowest BCUT2D eigenvalue weighted by Crippen LogP contribution is -2.49. The largest absolute Gasteiger partial charge is 0.461 e. The number of nitrogens with zero attached hydrogens (tertiary/aromatic N) is 2. The minimum Gasteiger partial charge on any atom is -0.461 e. The maximum atomic E-state index is 12.7. The van der Waals surface area contributed by atoms with E-state index in [2.05, 4.69) is 25.9 Å². The van der Waals surface area contributed by atoms with Crippen LogP contribution >= 0.6 is 22.7 Å². The highest BCUT2D eigenvalue weighted by atomic mass is 32.1. The molecule has 3 amide bonds. The number of nitrogens with one attached hydrogen (secondary N) is 3. The number of carbonyl (C=O) groups excluding carboxylic acids is 5. The van der Waals surface area contributed by atoms with Crippen LogP contribution in [0.5, 0.6) is 0 Å². The lowest BCUT2D eigenvalue weighted by atomic mass is 10.2. The van der Waals surface area contributed by atoms with Gasteiger partial charge in [0.05, 0.1) is 30.2 Å². The summed E-state index contributed by atoms with van der Waals surface area (Å²) in [6.07, 6.45) is 5.96. The molecule has 1 aromatic carbocycles. The highest BCUT2D eigenvalue weighted by Crippen LogP contribution is 2.28. The summed E-state index contributed by atoms with van der Waals surface area (Å²) in [4.78, 5) is 70.7. The number of alkyl carbamates (subject to hydrolysis) is 1. The van der Waals surface area contributed by atoms with Gasteiger partial charge in [-0.3, -0.25) is 24.4 Å². The van der Waals surface area contributed by atoms with Gasteiger partial charge in [0, 0.05) is 25.5 Å². The summed E-state index contributed by atoms with van der Waals surface area (Å²) in [6, 6.07) is 14.6. The Morgan fingerprint density at radius 2 is 1.28 bits per heavy atom. The molecule has 0 bridgehead atoms. The summed E-state index contributed by atoms with van der Waals surface area (Å²) in [7, 11) is 0. The number of ether oxygens (including phenoxy) is 3. The predicted octanol–water partition coefficient (Wildman–Crippen LogP) is 4.70. The van der Waals surface area contributed by atoms with Gasteiger partial charge in [0.1, 0.15) is 30.9 Å². The third-order valence-corrected chi connectivity index (χ3v) is 10.8. The summed E-state index contributed by atoms with van der Waals surface area (Å²) in [5.41, 5.74) is 10.2. The zero-order valence-corrected chi connectivity index (χ0v) is 31.3. The van der Waals surface area contributed by atoms with Crippen molar-refractivity contribution in [2.45, 2.75) is 70.4 Å². The van der Waals surface area contributed by atoms with Crippen LogP contribution in [0.4, 0.5) is 4.79 Å². The van der Waals surface area contributed by atoms with E-state index in [-0.39, 0.29) is 43.7 Å². The molecule has 2 atom stereocenters. The first-order valence-corrected chi connectivity index (χ1v) is 19.1. The average molecular weight is 773 g/mol. The van der Waals surface area contributed by atoms with Crippen LogP contribution in [0, 0.1) is 13.8 Å². The third kappa shape index (κ3) is 10.6. The molecule has 2 fully saturated rings. The second kappa shape index (κ2) is 17.6. The van der Waals surface area contributed by atoms with Gasteiger partial charge in [0.25, 0.3) is 11.8 Å². The van der Waals surface area contributed by atoms with Crippen molar-refractivity contribution in [3.8, 4) is 0 Å². The number of hydrogen-bond acceptors (Lipinski definition) is 13. The average Bonchev–Trinajstić information content (AvgIpc) is 4.08. The SMILES string of the molecule is Cc1ccnc2cc(C(=O)NC[C@@H](N)C(=O)OC3CC3)sc12.Cc1ccnc2cc(C(=O)NC[C@@H](NC(=O)OCc3ccccc3)C(=O)OC3CC3)sc12. The van der Waals surface area contributed by atoms with Crippen molar-refractivity contribution in [1.82, 2.24) is 25.9 Å². The number of nitrogens with two attached hydrogens (primary N) is 1. The van der Waals surface area contributed by atoms with Gasteiger partial charge >= 0.3 is 18.0 Å². The molecule has 4 heterocycles. The lowest BCUT2D eigenvalue weighted by molar-refractivity contribution is -0.147. The third-order valence-electron chi connectivity index (χ3n) is 8.32. The number of aromatic nitrogens is 2. The van der Waals surface area contributed by atoms with Gasteiger partial charge in [-0.1, -0.05) is 30.3 Å². The van der Waals surface area contributed by atoms with E-state index < -0.39 is 30.1 Å². The molecule has 2 aliphatic carbocycles. The molecule has 0 aliphatic heterocycles. The van der Waals surface area contributed by atoms with Crippen LogP contribution in [0.25, 0.3) is 20.4 Å². The van der Waals surface area contributed by atoms with E-state index in [9.17, 15) is 24.0 Å². The van der Waals surface area contributed by atoms with Crippen LogP contribution in [0.3, 0.4) is 0 Å². The number of fused-ring (bicyclic) bond motifs is 2. The van der Waals surface area contributed by atoms with Crippen molar-refractivity contribution in [3.05, 3.63) is 93.4 Å². The van der Waals surface area contributed by atoms with Crippen molar-refractivity contribution in [2.75, 3.05) is 13.1 Å². The molecule has 0 unspecified atom stereocenters. The Morgan fingerprint density at radius 3 is 1.80 bits per heavy atom. The molecule has 2 saturated carbocycles. The van der Waals surface area contributed by atoms with E-state index in [4.69, 9.17) is 19.9 Å². The molecule has 54 heavy (non-hydrogen) atoms. The number of esters is 2. The molecule has 14 nitrogen and oxygen atoms in total. The number of aryl methyl sites for hydroxylation is 2. The van der Waals surface area contributed by atoms with Crippen LogP contribution in [0.1, 0.15) is 61.7 Å². The summed E-state index contributed by atoms with van der Waals surface area (Å²) in [6.45, 7) is 3.94. The van der Waals surface area contributed by atoms with Crippen molar-refractivity contribution >= 4 is 73.0 Å². The molecule has 0 spiro atoms. The second-order valence-corrected chi connectivity index (χ2v) is 15.1. The molecule has 2 aliphatic rings. The minimum absolute atomic E-state index is 0.0193. The van der Waals surface area contributed by atoms with Gasteiger partial charge < -0.3 is 35.9 Å². The molecule has 7 rings (SSSR count). The minimum atomic E-state index is -1.06. The van der Waals surface area contributed by atoms with E-state index in [0.29, 0.717) is 9.75 Å². The highest BCUT2D eigenvalue weighted by Gasteiger charge is 2.32. The van der Waals surface area contributed by atoms with Crippen LogP contribution < -0.4 is 21.7 Å². The van der Waals surface area contributed by atoms with Crippen LogP contribution in [-0.2, 0) is 30.4 Å². The van der Waals surface area contributed by atoms with Crippen molar-refractivity contribution in [2.24, 2.45) is 5.73 Å². The summed E-state index contributed by atoms with van der Waals surface area (Å²) < 4.78 is 17.5. The van der Waals surface area contributed by atoms with E-state index in [1.807, 2.05) is 56.3 Å².